The SMILES string of the molecule is CCn1cnc2c(c1=O)CCN(C(=O)COc1cccc(Cl)c1C)C2. The average Bonchev–Trinajstić information content (AvgIpc) is 2.62. The van der Waals surface area contributed by atoms with Gasteiger partial charge in [-0.15, -0.1) is 0 Å². The fourth-order valence-corrected chi connectivity index (χ4v) is 3.04. The van der Waals surface area contributed by atoms with E-state index in [-0.39, 0.29) is 18.1 Å². The smallest absolute Gasteiger partial charge is 0.260 e. The molecular weight excluding hydrogens is 342 g/mol. The summed E-state index contributed by atoms with van der Waals surface area (Å²) in [4.78, 5) is 30.7. The number of amides is 1. The Morgan fingerprint density at radius 3 is 2.96 bits per heavy atom. The van der Waals surface area contributed by atoms with Crippen LogP contribution in [0, 0.1) is 6.92 Å². The minimum Gasteiger partial charge on any atom is -0.483 e. The molecule has 1 aromatic carbocycles. The van der Waals surface area contributed by atoms with Gasteiger partial charge >= 0.3 is 0 Å². The van der Waals surface area contributed by atoms with Crippen molar-refractivity contribution in [2.45, 2.75) is 33.4 Å². The van der Waals surface area contributed by atoms with E-state index in [0.29, 0.717) is 48.1 Å². The zero-order chi connectivity index (χ0) is 18.0. The summed E-state index contributed by atoms with van der Waals surface area (Å²) < 4.78 is 7.20. The zero-order valence-corrected chi connectivity index (χ0v) is 15.0. The summed E-state index contributed by atoms with van der Waals surface area (Å²) in [7, 11) is 0. The van der Waals surface area contributed by atoms with E-state index in [0.717, 1.165) is 5.56 Å². The molecule has 0 fully saturated rings. The molecule has 1 aliphatic rings. The van der Waals surface area contributed by atoms with Crippen molar-refractivity contribution in [1.29, 1.82) is 0 Å². The molecule has 0 spiro atoms. The van der Waals surface area contributed by atoms with Gasteiger partial charge in [-0.1, -0.05) is 17.7 Å². The normalized spacial score (nSPS) is 13.5. The van der Waals surface area contributed by atoms with Crippen molar-refractivity contribution < 1.29 is 9.53 Å². The van der Waals surface area contributed by atoms with Crippen molar-refractivity contribution in [3.05, 3.63) is 56.7 Å². The summed E-state index contributed by atoms with van der Waals surface area (Å²) >= 11 is 6.06. The van der Waals surface area contributed by atoms with Crippen LogP contribution in [-0.2, 0) is 24.3 Å². The average molecular weight is 362 g/mol. The van der Waals surface area contributed by atoms with Crippen LogP contribution < -0.4 is 10.3 Å². The monoisotopic (exact) mass is 361 g/mol. The molecule has 7 heteroatoms. The van der Waals surface area contributed by atoms with Crippen LogP contribution in [0.5, 0.6) is 5.75 Å². The second-order valence-corrected chi connectivity index (χ2v) is 6.39. The molecule has 2 aromatic rings. The Hall–Kier alpha value is -2.34. The van der Waals surface area contributed by atoms with E-state index in [1.54, 1.807) is 34.0 Å². The fourth-order valence-electron chi connectivity index (χ4n) is 2.87. The Morgan fingerprint density at radius 2 is 2.20 bits per heavy atom. The van der Waals surface area contributed by atoms with E-state index >= 15 is 0 Å². The number of benzene rings is 1. The maximum atomic E-state index is 12.4. The van der Waals surface area contributed by atoms with Gasteiger partial charge in [0.1, 0.15) is 5.75 Å². The number of halogens is 1. The third kappa shape index (κ3) is 3.54. The highest BCUT2D eigenvalue weighted by Gasteiger charge is 2.24. The third-order valence-electron chi connectivity index (χ3n) is 4.46. The van der Waals surface area contributed by atoms with E-state index < -0.39 is 0 Å². The molecule has 0 saturated heterocycles. The number of carbonyl (C=O) groups is 1. The van der Waals surface area contributed by atoms with E-state index in [9.17, 15) is 9.59 Å². The topological polar surface area (TPSA) is 64.4 Å². The maximum Gasteiger partial charge on any atom is 0.260 e. The van der Waals surface area contributed by atoms with Crippen LogP contribution in [0.25, 0.3) is 0 Å². The van der Waals surface area contributed by atoms with Gasteiger partial charge in [0.15, 0.2) is 6.61 Å². The van der Waals surface area contributed by atoms with Crippen LogP contribution in [-0.4, -0.2) is 33.5 Å². The third-order valence-corrected chi connectivity index (χ3v) is 4.86. The highest BCUT2D eigenvalue weighted by atomic mass is 35.5. The molecule has 0 radical (unpaired) electrons. The molecule has 25 heavy (non-hydrogen) atoms. The molecule has 0 N–H and O–H groups in total. The summed E-state index contributed by atoms with van der Waals surface area (Å²) in [6.45, 7) is 5.11. The molecule has 0 aliphatic carbocycles. The first-order valence-corrected chi connectivity index (χ1v) is 8.62. The van der Waals surface area contributed by atoms with E-state index in [4.69, 9.17) is 16.3 Å². The minimum absolute atomic E-state index is 0.00889. The number of hydrogen-bond donors (Lipinski definition) is 0. The van der Waals surface area contributed by atoms with E-state index in [1.165, 1.54) is 0 Å². The van der Waals surface area contributed by atoms with Crippen LogP contribution in [0.4, 0.5) is 0 Å². The van der Waals surface area contributed by atoms with Crippen LogP contribution in [0.1, 0.15) is 23.7 Å². The molecule has 0 atom stereocenters. The molecule has 1 amide bonds. The number of rotatable bonds is 4. The quantitative estimate of drug-likeness (QED) is 0.837. The van der Waals surface area contributed by atoms with Gasteiger partial charge in [-0.2, -0.15) is 0 Å². The number of fused-ring (bicyclic) bond motifs is 1. The van der Waals surface area contributed by atoms with Crippen LogP contribution in [0.3, 0.4) is 0 Å². The van der Waals surface area contributed by atoms with Gasteiger partial charge in [-0.05, 0) is 32.4 Å². The molecule has 1 aliphatic heterocycles. The number of ether oxygens (including phenoxy) is 1. The Morgan fingerprint density at radius 1 is 1.40 bits per heavy atom. The van der Waals surface area contributed by atoms with Crippen molar-refractivity contribution in [2.24, 2.45) is 0 Å². The Kier molecular flexibility index (Phi) is 5.08. The van der Waals surface area contributed by atoms with Crippen LogP contribution >= 0.6 is 11.6 Å². The number of hydrogen-bond acceptors (Lipinski definition) is 4. The number of nitrogens with zero attached hydrogens (tertiary/aromatic N) is 3. The highest BCUT2D eigenvalue weighted by Crippen LogP contribution is 2.25. The van der Waals surface area contributed by atoms with Gasteiger partial charge in [-0.25, -0.2) is 4.98 Å². The van der Waals surface area contributed by atoms with Gasteiger partial charge in [0.05, 0.1) is 18.6 Å². The van der Waals surface area contributed by atoms with Crippen molar-refractivity contribution in [3.63, 3.8) is 0 Å². The molecule has 2 heterocycles. The van der Waals surface area contributed by atoms with Crippen LogP contribution in [0.15, 0.2) is 29.3 Å². The summed E-state index contributed by atoms with van der Waals surface area (Å²) in [5.74, 6) is 0.466. The van der Waals surface area contributed by atoms with Gasteiger partial charge in [0, 0.05) is 29.2 Å². The second kappa shape index (κ2) is 7.27. The van der Waals surface area contributed by atoms with Crippen molar-refractivity contribution in [3.8, 4) is 5.75 Å². The Bertz CT molecular complexity index is 863. The first-order chi connectivity index (χ1) is 12.0. The zero-order valence-electron chi connectivity index (χ0n) is 14.3. The number of carbonyl (C=O) groups excluding carboxylic acids is 1. The first-order valence-electron chi connectivity index (χ1n) is 8.24. The Balaban J connectivity index is 1.68. The minimum atomic E-state index is -0.133. The fraction of sp³-hybridized carbons (Fsp3) is 0.389. The van der Waals surface area contributed by atoms with Crippen molar-refractivity contribution >= 4 is 17.5 Å². The molecule has 6 nitrogen and oxygen atoms in total. The number of aryl methyl sites for hydroxylation is 1. The molecule has 132 valence electrons. The van der Waals surface area contributed by atoms with Crippen LogP contribution in [0.2, 0.25) is 5.02 Å². The van der Waals surface area contributed by atoms with Gasteiger partial charge < -0.3 is 9.64 Å². The van der Waals surface area contributed by atoms with Gasteiger partial charge in [0.2, 0.25) is 0 Å². The standard InChI is InChI=1S/C18H20ClN3O3/c1-3-21-11-20-15-9-22(8-7-13(15)18(21)24)17(23)10-25-16-6-4-5-14(19)12(16)2/h4-6,11H,3,7-10H2,1-2H3. The predicted octanol–water partition coefficient (Wildman–Crippen LogP) is 2.19. The second-order valence-electron chi connectivity index (χ2n) is 5.98. The lowest BCUT2D eigenvalue weighted by atomic mass is 10.1. The largest absolute Gasteiger partial charge is 0.483 e. The lowest BCUT2D eigenvalue weighted by Gasteiger charge is -2.28. The first kappa shape index (κ1) is 17.5. The van der Waals surface area contributed by atoms with E-state index in [1.807, 2.05) is 13.8 Å². The lowest BCUT2D eigenvalue weighted by Crippen LogP contribution is -2.42. The predicted molar refractivity (Wildman–Crippen MR) is 95.0 cm³/mol. The summed E-state index contributed by atoms with van der Waals surface area (Å²) in [6.07, 6.45) is 2.06. The lowest BCUT2D eigenvalue weighted by molar-refractivity contribution is -0.134. The van der Waals surface area contributed by atoms with Crippen molar-refractivity contribution in [1.82, 2.24) is 14.5 Å². The van der Waals surface area contributed by atoms with E-state index in [2.05, 4.69) is 4.98 Å². The highest BCUT2D eigenvalue weighted by molar-refractivity contribution is 6.31. The van der Waals surface area contributed by atoms with Crippen molar-refractivity contribution in [2.75, 3.05) is 13.2 Å². The molecule has 0 bridgehead atoms. The Labute approximate surface area is 151 Å². The molecular formula is C18H20ClN3O3. The summed E-state index contributed by atoms with van der Waals surface area (Å²) in [6, 6.07) is 5.35. The molecule has 3 rings (SSSR count). The maximum absolute atomic E-state index is 12.4. The summed E-state index contributed by atoms with van der Waals surface area (Å²) in [5.41, 5.74) is 2.18. The van der Waals surface area contributed by atoms with Gasteiger partial charge in [-0.3, -0.25) is 14.2 Å². The summed E-state index contributed by atoms with van der Waals surface area (Å²) in [5, 5.41) is 0.605. The van der Waals surface area contributed by atoms with Gasteiger partial charge in [0.25, 0.3) is 11.5 Å². The molecule has 0 unspecified atom stereocenters. The molecule has 1 aromatic heterocycles. The molecule has 0 saturated carbocycles. The number of aromatic nitrogens is 2.